The Morgan fingerprint density at radius 1 is 1.29 bits per heavy atom. The van der Waals surface area contributed by atoms with E-state index in [0.717, 1.165) is 16.9 Å². The molecule has 4 nitrogen and oxygen atoms in total. The largest absolute Gasteiger partial charge is 0.497 e. The second-order valence-corrected chi connectivity index (χ2v) is 5.02. The zero-order valence-electron chi connectivity index (χ0n) is 11.2. The van der Waals surface area contributed by atoms with E-state index in [0.29, 0.717) is 15.9 Å². The maximum Gasteiger partial charge on any atom is 0.337 e. The SMILES string of the molecule is COc1cccc(-c2cc3c(C(=O)O)c[nH]c3cc2Cl)c1. The predicted molar refractivity (Wildman–Crippen MR) is 82.3 cm³/mol. The van der Waals surface area contributed by atoms with Crippen LogP contribution in [0.15, 0.2) is 42.6 Å². The number of fused-ring (bicyclic) bond motifs is 1. The molecule has 0 aliphatic rings. The van der Waals surface area contributed by atoms with Crippen LogP contribution in [-0.2, 0) is 0 Å². The second kappa shape index (κ2) is 5.14. The summed E-state index contributed by atoms with van der Waals surface area (Å²) in [5.41, 5.74) is 2.57. The molecule has 0 amide bonds. The number of ether oxygens (including phenoxy) is 1. The molecular formula is C16H12ClNO3. The number of halogens is 1. The van der Waals surface area contributed by atoms with Crippen LogP contribution in [0.2, 0.25) is 5.02 Å². The van der Waals surface area contributed by atoms with Crippen LogP contribution in [-0.4, -0.2) is 23.2 Å². The van der Waals surface area contributed by atoms with E-state index in [1.54, 1.807) is 19.2 Å². The van der Waals surface area contributed by atoms with Crippen LogP contribution in [0.1, 0.15) is 10.4 Å². The van der Waals surface area contributed by atoms with Crippen molar-refractivity contribution in [3.63, 3.8) is 0 Å². The lowest BCUT2D eigenvalue weighted by atomic mass is 10.0. The molecule has 0 spiro atoms. The van der Waals surface area contributed by atoms with Gasteiger partial charge >= 0.3 is 5.97 Å². The summed E-state index contributed by atoms with van der Waals surface area (Å²) in [4.78, 5) is 14.2. The van der Waals surface area contributed by atoms with Gasteiger partial charge in [0.2, 0.25) is 0 Å². The van der Waals surface area contributed by atoms with E-state index in [9.17, 15) is 9.90 Å². The standard InChI is InChI=1S/C16H12ClNO3/c1-21-10-4-2-3-9(5-10)11-6-12-13(16(19)20)8-18-15(12)7-14(11)17/h2-8,18H,1H3,(H,19,20). The maximum atomic E-state index is 11.2. The molecule has 0 aliphatic heterocycles. The van der Waals surface area contributed by atoms with E-state index >= 15 is 0 Å². The minimum atomic E-state index is -0.972. The number of methoxy groups -OCH3 is 1. The summed E-state index contributed by atoms with van der Waals surface area (Å²) in [5.74, 6) is -0.253. The topological polar surface area (TPSA) is 62.3 Å². The lowest BCUT2D eigenvalue weighted by Crippen LogP contribution is -1.94. The normalized spacial score (nSPS) is 10.8. The zero-order valence-corrected chi connectivity index (χ0v) is 11.9. The van der Waals surface area contributed by atoms with Crippen molar-refractivity contribution in [3.05, 3.63) is 53.2 Å². The Labute approximate surface area is 125 Å². The highest BCUT2D eigenvalue weighted by Gasteiger charge is 2.14. The average molecular weight is 302 g/mol. The smallest absolute Gasteiger partial charge is 0.337 e. The fourth-order valence-corrected chi connectivity index (χ4v) is 2.60. The number of hydrogen-bond donors (Lipinski definition) is 2. The van der Waals surface area contributed by atoms with Gasteiger partial charge in [0.15, 0.2) is 0 Å². The van der Waals surface area contributed by atoms with Crippen LogP contribution in [0.5, 0.6) is 5.75 Å². The number of rotatable bonds is 3. The molecule has 1 heterocycles. The van der Waals surface area contributed by atoms with Gasteiger partial charge in [-0.2, -0.15) is 0 Å². The minimum absolute atomic E-state index is 0.228. The lowest BCUT2D eigenvalue weighted by molar-refractivity contribution is 0.0699. The van der Waals surface area contributed by atoms with Crippen molar-refractivity contribution in [1.82, 2.24) is 4.98 Å². The molecule has 0 fully saturated rings. The van der Waals surface area contributed by atoms with Gasteiger partial charge in [-0.25, -0.2) is 4.79 Å². The molecule has 2 aromatic carbocycles. The van der Waals surface area contributed by atoms with Gasteiger partial charge in [0, 0.05) is 22.7 Å². The molecule has 5 heteroatoms. The summed E-state index contributed by atoms with van der Waals surface area (Å²) in [6.45, 7) is 0. The molecule has 0 saturated carbocycles. The third-order valence-corrected chi connectivity index (χ3v) is 3.69. The number of aromatic amines is 1. The molecule has 0 bridgehead atoms. The fraction of sp³-hybridized carbons (Fsp3) is 0.0625. The van der Waals surface area contributed by atoms with Crippen LogP contribution in [0.25, 0.3) is 22.0 Å². The first-order valence-corrected chi connectivity index (χ1v) is 6.66. The van der Waals surface area contributed by atoms with Crippen LogP contribution in [0, 0.1) is 0 Å². The number of hydrogen-bond acceptors (Lipinski definition) is 2. The Kier molecular flexibility index (Phi) is 3.31. The van der Waals surface area contributed by atoms with Gasteiger partial charge in [-0.1, -0.05) is 23.7 Å². The van der Waals surface area contributed by atoms with Gasteiger partial charge in [0.05, 0.1) is 17.7 Å². The number of aromatic carboxylic acids is 1. The van der Waals surface area contributed by atoms with Gasteiger partial charge < -0.3 is 14.8 Å². The van der Waals surface area contributed by atoms with Gasteiger partial charge in [-0.3, -0.25) is 0 Å². The van der Waals surface area contributed by atoms with Crippen molar-refractivity contribution < 1.29 is 14.6 Å². The summed E-state index contributed by atoms with van der Waals surface area (Å²) < 4.78 is 5.21. The molecule has 106 valence electrons. The molecule has 2 N–H and O–H groups in total. The molecule has 0 saturated heterocycles. The molecule has 0 atom stereocenters. The predicted octanol–water partition coefficient (Wildman–Crippen LogP) is 4.20. The molecule has 0 aliphatic carbocycles. The van der Waals surface area contributed by atoms with Crippen LogP contribution < -0.4 is 4.74 Å². The highest BCUT2D eigenvalue weighted by Crippen LogP contribution is 2.34. The summed E-state index contributed by atoms with van der Waals surface area (Å²) in [6.07, 6.45) is 1.47. The number of carbonyl (C=O) groups is 1. The average Bonchev–Trinajstić information content (AvgIpc) is 2.89. The van der Waals surface area contributed by atoms with E-state index in [1.165, 1.54) is 6.20 Å². The van der Waals surface area contributed by atoms with Crippen LogP contribution in [0.3, 0.4) is 0 Å². The third-order valence-electron chi connectivity index (χ3n) is 3.38. The number of aromatic nitrogens is 1. The highest BCUT2D eigenvalue weighted by molar-refractivity contribution is 6.34. The highest BCUT2D eigenvalue weighted by atomic mass is 35.5. The van der Waals surface area contributed by atoms with Crippen molar-refractivity contribution in [2.75, 3.05) is 7.11 Å². The Balaban J connectivity index is 2.23. The van der Waals surface area contributed by atoms with Crippen LogP contribution in [0.4, 0.5) is 0 Å². The number of H-pyrrole nitrogens is 1. The first-order chi connectivity index (χ1) is 10.1. The Hall–Kier alpha value is -2.46. The van der Waals surface area contributed by atoms with Gasteiger partial charge in [-0.15, -0.1) is 0 Å². The summed E-state index contributed by atoms with van der Waals surface area (Å²) >= 11 is 6.31. The second-order valence-electron chi connectivity index (χ2n) is 4.62. The monoisotopic (exact) mass is 301 g/mol. The van der Waals surface area contributed by atoms with Crippen LogP contribution >= 0.6 is 11.6 Å². The van der Waals surface area contributed by atoms with Gasteiger partial charge in [0.25, 0.3) is 0 Å². The molecule has 3 aromatic rings. The van der Waals surface area contributed by atoms with Crippen molar-refractivity contribution in [3.8, 4) is 16.9 Å². The summed E-state index contributed by atoms with van der Waals surface area (Å²) in [7, 11) is 1.60. The molecule has 0 radical (unpaired) electrons. The van der Waals surface area contributed by atoms with Crippen molar-refractivity contribution in [2.24, 2.45) is 0 Å². The molecule has 21 heavy (non-hydrogen) atoms. The first-order valence-electron chi connectivity index (χ1n) is 6.28. The quantitative estimate of drug-likeness (QED) is 0.762. The van der Waals surface area contributed by atoms with Gasteiger partial charge in [-0.05, 0) is 29.8 Å². The number of carboxylic acids is 1. The molecular weight excluding hydrogens is 290 g/mol. The molecule has 0 unspecified atom stereocenters. The van der Waals surface area contributed by atoms with Gasteiger partial charge in [0.1, 0.15) is 5.75 Å². The van der Waals surface area contributed by atoms with Crippen molar-refractivity contribution in [2.45, 2.75) is 0 Å². The minimum Gasteiger partial charge on any atom is -0.497 e. The van der Waals surface area contributed by atoms with E-state index in [1.807, 2.05) is 24.3 Å². The molecule has 3 rings (SSSR count). The van der Waals surface area contributed by atoms with E-state index < -0.39 is 5.97 Å². The van der Waals surface area contributed by atoms with E-state index in [2.05, 4.69) is 4.98 Å². The summed E-state index contributed by atoms with van der Waals surface area (Å²) in [6, 6.07) is 11.0. The Bertz CT molecular complexity index is 839. The number of nitrogens with one attached hydrogen (secondary N) is 1. The van der Waals surface area contributed by atoms with E-state index in [-0.39, 0.29) is 5.56 Å². The van der Waals surface area contributed by atoms with Crippen molar-refractivity contribution in [1.29, 1.82) is 0 Å². The summed E-state index contributed by atoms with van der Waals surface area (Å²) in [5, 5.41) is 10.4. The number of benzene rings is 2. The first kappa shape index (κ1) is 13.5. The fourth-order valence-electron chi connectivity index (χ4n) is 2.33. The lowest BCUT2D eigenvalue weighted by Gasteiger charge is -2.07. The van der Waals surface area contributed by atoms with Crippen molar-refractivity contribution >= 4 is 28.5 Å². The Morgan fingerprint density at radius 3 is 2.81 bits per heavy atom. The maximum absolute atomic E-state index is 11.2. The third kappa shape index (κ3) is 2.34. The molecule has 1 aromatic heterocycles. The number of carboxylic acid groups (broad SMARTS) is 1. The van der Waals surface area contributed by atoms with E-state index in [4.69, 9.17) is 16.3 Å². The Morgan fingerprint density at radius 2 is 2.10 bits per heavy atom. The zero-order chi connectivity index (χ0) is 15.0.